The Morgan fingerprint density at radius 1 is 1.25 bits per heavy atom. The molecule has 2 aromatic rings. The average molecular weight is 276 g/mol. The van der Waals surface area contributed by atoms with E-state index in [1.165, 1.54) is 6.33 Å². The van der Waals surface area contributed by atoms with Crippen LogP contribution in [0.4, 0.5) is 11.6 Å². The Morgan fingerprint density at radius 3 is 2.60 bits per heavy atom. The Morgan fingerprint density at radius 2 is 2.00 bits per heavy atom. The van der Waals surface area contributed by atoms with Crippen molar-refractivity contribution in [3.63, 3.8) is 0 Å². The van der Waals surface area contributed by atoms with Crippen LogP contribution >= 0.6 is 0 Å². The summed E-state index contributed by atoms with van der Waals surface area (Å²) >= 11 is 0. The number of rotatable bonds is 7. The number of hydrogen-bond acceptors (Lipinski definition) is 6. The predicted molar refractivity (Wildman–Crippen MR) is 77.9 cm³/mol. The standard InChI is InChI=1S/C13H20N6O/c1-4-5-14-12-11(20-3)13(17-9-16-12)15-6-10-7-18-19(2)8-10/h7-9H,4-6H2,1-3H3,(H2,14,15,16,17). The molecule has 2 aromatic heterocycles. The zero-order valence-corrected chi connectivity index (χ0v) is 12.1. The smallest absolute Gasteiger partial charge is 0.204 e. The van der Waals surface area contributed by atoms with Gasteiger partial charge in [0, 0.05) is 31.9 Å². The van der Waals surface area contributed by atoms with Crippen LogP contribution in [0.2, 0.25) is 0 Å². The average Bonchev–Trinajstić information content (AvgIpc) is 2.88. The van der Waals surface area contributed by atoms with Gasteiger partial charge in [0.15, 0.2) is 11.6 Å². The lowest BCUT2D eigenvalue weighted by Crippen LogP contribution is -2.08. The van der Waals surface area contributed by atoms with Crippen molar-refractivity contribution in [1.82, 2.24) is 19.7 Å². The summed E-state index contributed by atoms with van der Waals surface area (Å²) in [7, 11) is 3.51. The molecule has 2 N–H and O–H groups in total. The van der Waals surface area contributed by atoms with Crippen LogP contribution in [-0.2, 0) is 13.6 Å². The summed E-state index contributed by atoms with van der Waals surface area (Å²) in [4.78, 5) is 8.43. The first kappa shape index (κ1) is 14.1. The molecule has 0 fully saturated rings. The fourth-order valence-corrected chi connectivity index (χ4v) is 1.81. The molecular formula is C13H20N6O. The van der Waals surface area contributed by atoms with Gasteiger partial charge in [-0.05, 0) is 6.42 Å². The summed E-state index contributed by atoms with van der Waals surface area (Å²) in [6, 6.07) is 0. The summed E-state index contributed by atoms with van der Waals surface area (Å²) in [6.07, 6.45) is 6.31. The molecule has 0 saturated heterocycles. The lowest BCUT2D eigenvalue weighted by Gasteiger charge is -2.13. The van der Waals surface area contributed by atoms with Crippen LogP contribution in [0.1, 0.15) is 18.9 Å². The number of anilines is 2. The molecule has 0 saturated carbocycles. The molecule has 7 nitrogen and oxygen atoms in total. The highest BCUT2D eigenvalue weighted by Gasteiger charge is 2.11. The second kappa shape index (κ2) is 6.74. The quantitative estimate of drug-likeness (QED) is 0.801. The number of aryl methyl sites for hydroxylation is 1. The lowest BCUT2D eigenvalue weighted by atomic mass is 10.3. The van der Waals surface area contributed by atoms with Crippen molar-refractivity contribution in [3.05, 3.63) is 24.3 Å². The number of methoxy groups -OCH3 is 1. The monoisotopic (exact) mass is 276 g/mol. The number of hydrogen-bond donors (Lipinski definition) is 2. The molecule has 0 bridgehead atoms. The van der Waals surface area contributed by atoms with Crippen LogP contribution in [0, 0.1) is 0 Å². The molecular weight excluding hydrogens is 256 g/mol. The Kier molecular flexibility index (Phi) is 4.75. The van der Waals surface area contributed by atoms with Crippen LogP contribution in [-0.4, -0.2) is 33.4 Å². The number of nitrogens with zero attached hydrogens (tertiary/aromatic N) is 4. The van der Waals surface area contributed by atoms with Crippen molar-refractivity contribution < 1.29 is 4.74 Å². The van der Waals surface area contributed by atoms with Gasteiger partial charge < -0.3 is 15.4 Å². The molecule has 2 heterocycles. The molecule has 0 aliphatic heterocycles. The third kappa shape index (κ3) is 3.37. The molecule has 20 heavy (non-hydrogen) atoms. The Labute approximate surface area is 118 Å². The van der Waals surface area contributed by atoms with E-state index in [1.54, 1.807) is 11.8 Å². The van der Waals surface area contributed by atoms with Gasteiger partial charge in [-0.15, -0.1) is 0 Å². The maximum atomic E-state index is 5.40. The van der Waals surface area contributed by atoms with Crippen molar-refractivity contribution in [3.8, 4) is 5.75 Å². The van der Waals surface area contributed by atoms with Gasteiger partial charge in [0.2, 0.25) is 5.75 Å². The van der Waals surface area contributed by atoms with Crippen LogP contribution in [0.5, 0.6) is 5.75 Å². The number of nitrogens with one attached hydrogen (secondary N) is 2. The SMILES string of the molecule is CCCNc1ncnc(NCc2cnn(C)c2)c1OC. The van der Waals surface area contributed by atoms with Crippen LogP contribution in [0.15, 0.2) is 18.7 Å². The molecule has 0 aliphatic carbocycles. The first-order valence-electron chi connectivity index (χ1n) is 6.58. The van der Waals surface area contributed by atoms with E-state index < -0.39 is 0 Å². The third-order valence-electron chi connectivity index (χ3n) is 2.77. The Balaban J connectivity index is 2.10. The van der Waals surface area contributed by atoms with Gasteiger partial charge in [-0.3, -0.25) is 4.68 Å². The van der Waals surface area contributed by atoms with Gasteiger partial charge in [0.05, 0.1) is 13.3 Å². The second-order valence-electron chi connectivity index (χ2n) is 4.41. The van der Waals surface area contributed by atoms with Gasteiger partial charge in [0.1, 0.15) is 6.33 Å². The molecule has 0 unspecified atom stereocenters. The largest absolute Gasteiger partial charge is 0.490 e. The first-order valence-corrected chi connectivity index (χ1v) is 6.58. The molecule has 0 aliphatic rings. The van der Waals surface area contributed by atoms with Crippen molar-refractivity contribution in [2.24, 2.45) is 7.05 Å². The van der Waals surface area contributed by atoms with Gasteiger partial charge in [-0.2, -0.15) is 5.10 Å². The van der Waals surface area contributed by atoms with E-state index in [9.17, 15) is 0 Å². The molecule has 0 radical (unpaired) electrons. The highest BCUT2D eigenvalue weighted by Crippen LogP contribution is 2.29. The van der Waals surface area contributed by atoms with Crippen molar-refractivity contribution in [2.45, 2.75) is 19.9 Å². The predicted octanol–water partition coefficient (Wildman–Crippen LogP) is 1.65. The molecule has 0 amide bonds. The maximum Gasteiger partial charge on any atom is 0.204 e. The zero-order chi connectivity index (χ0) is 14.4. The fraction of sp³-hybridized carbons (Fsp3) is 0.462. The highest BCUT2D eigenvalue weighted by molar-refractivity contribution is 5.63. The van der Waals surface area contributed by atoms with E-state index in [-0.39, 0.29) is 0 Å². The van der Waals surface area contributed by atoms with E-state index in [1.807, 2.05) is 19.4 Å². The summed E-state index contributed by atoms with van der Waals surface area (Å²) in [5, 5.41) is 10.6. The topological polar surface area (TPSA) is 76.9 Å². The van der Waals surface area contributed by atoms with E-state index >= 15 is 0 Å². The minimum atomic E-state index is 0.629. The Hall–Kier alpha value is -2.31. The van der Waals surface area contributed by atoms with E-state index in [0.29, 0.717) is 23.9 Å². The molecule has 0 aromatic carbocycles. The van der Waals surface area contributed by atoms with Gasteiger partial charge >= 0.3 is 0 Å². The highest BCUT2D eigenvalue weighted by atomic mass is 16.5. The summed E-state index contributed by atoms with van der Waals surface area (Å²) in [6.45, 7) is 3.58. The minimum Gasteiger partial charge on any atom is -0.490 e. The molecule has 0 spiro atoms. The van der Waals surface area contributed by atoms with E-state index in [4.69, 9.17) is 4.74 Å². The van der Waals surface area contributed by atoms with Gasteiger partial charge in [-0.25, -0.2) is 9.97 Å². The lowest BCUT2D eigenvalue weighted by molar-refractivity contribution is 0.414. The van der Waals surface area contributed by atoms with Crippen LogP contribution < -0.4 is 15.4 Å². The van der Waals surface area contributed by atoms with Crippen LogP contribution in [0.3, 0.4) is 0 Å². The van der Waals surface area contributed by atoms with Crippen molar-refractivity contribution in [2.75, 3.05) is 24.3 Å². The molecule has 2 rings (SSSR count). The molecule has 108 valence electrons. The van der Waals surface area contributed by atoms with Crippen LogP contribution in [0.25, 0.3) is 0 Å². The minimum absolute atomic E-state index is 0.629. The summed E-state index contributed by atoms with van der Waals surface area (Å²) in [5.74, 6) is 2.01. The number of ether oxygens (including phenoxy) is 1. The van der Waals surface area contributed by atoms with E-state index in [2.05, 4.69) is 32.6 Å². The third-order valence-corrected chi connectivity index (χ3v) is 2.77. The fourth-order valence-electron chi connectivity index (χ4n) is 1.81. The Bertz CT molecular complexity index is 554. The summed E-state index contributed by atoms with van der Waals surface area (Å²) in [5.41, 5.74) is 1.08. The van der Waals surface area contributed by atoms with Crippen molar-refractivity contribution in [1.29, 1.82) is 0 Å². The number of aromatic nitrogens is 4. The molecule has 7 heteroatoms. The normalized spacial score (nSPS) is 10.3. The zero-order valence-electron chi connectivity index (χ0n) is 12.1. The van der Waals surface area contributed by atoms with Gasteiger partial charge in [0.25, 0.3) is 0 Å². The van der Waals surface area contributed by atoms with E-state index in [0.717, 1.165) is 18.5 Å². The van der Waals surface area contributed by atoms with Crippen molar-refractivity contribution >= 4 is 11.6 Å². The molecule has 0 atom stereocenters. The maximum absolute atomic E-state index is 5.40. The first-order chi connectivity index (χ1) is 9.74. The summed E-state index contributed by atoms with van der Waals surface area (Å²) < 4.78 is 7.16. The van der Waals surface area contributed by atoms with Gasteiger partial charge in [-0.1, -0.05) is 6.92 Å². The second-order valence-corrected chi connectivity index (χ2v) is 4.41.